The second kappa shape index (κ2) is 11.7. The zero-order valence-corrected chi connectivity index (χ0v) is 21.7. The maximum Gasteiger partial charge on any atom is 0.273 e. The third-order valence-electron chi connectivity index (χ3n) is 7.35. The number of benzene rings is 1. The van der Waals surface area contributed by atoms with Gasteiger partial charge in [0.15, 0.2) is 0 Å². The number of carbonyl (C=O) groups excluding carboxylic acids is 2. The molecule has 3 aromatic rings. The first-order chi connectivity index (χ1) is 18.1. The Bertz CT molecular complexity index is 1180. The molecule has 9 heteroatoms. The average molecular weight is 521 g/mol. The van der Waals surface area contributed by atoms with Gasteiger partial charge in [-0.2, -0.15) is 0 Å². The molecule has 1 saturated heterocycles. The van der Waals surface area contributed by atoms with E-state index in [1.165, 1.54) is 11.3 Å². The van der Waals surface area contributed by atoms with Crippen LogP contribution in [0.3, 0.4) is 0 Å². The first-order valence-corrected chi connectivity index (χ1v) is 13.8. The van der Waals surface area contributed by atoms with E-state index in [0.29, 0.717) is 56.4 Å². The zero-order valence-electron chi connectivity index (χ0n) is 20.9. The van der Waals surface area contributed by atoms with Crippen molar-refractivity contribution < 1.29 is 19.1 Å². The molecule has 0 radical (unpaired) electrons. The molecule has 0 atom stereocenters. The van der Waals surface area contributed by atoms with Gasteiger partial charge in [0.25, 0.3) is 11.8 Å². The molecule has 2 bridgehead atoms. The SMILES string of the molecule is O=C(c1cscn1)N1CCCCC2(COc3cccnc3)CCN(CC2)C(=O)c2ccccc2OCC1. The number of fused-ring (bicyclic) bond motifs is 9. The summed E-state index contributed by atoms with van der Waals surface area (Å²) in [7, 11) is 0. The second-order valence-electron chi connectivity index (χ2n) is 9.74. The fourth-order valence-corrected chi connectivity index (χ4v) is 5.65. The first-order valence-electron chi connectivity index (χ1n) is 12.8. The van der Waals surface area contributed by atoms with Crippen LogP contribution >= 0.6 is 11.3 Å². The smallest absolute Gasteiger partial charge is 0.273 e. The van der Waals surface area contributed by atoms with Crippen LogP contribution in [0, 0.1) is 5.41 Å². The van der Waals surface area contributed by atoms with Gasteiger partial charge in [-0.25, -0.2) is 4.98 Å². The Hall–Kier alpha value is -3.46. The molecular weight excluding hydrogens is 488 g/mol. The highest BCUT2D eigenvalue weighted by Crippen LogP contribution is 2.38. The Balaban J connectivity index is 1.36. The number of hydrogen-bond acceptors (Lipinski definition) is 7. The van der Waals surface area contributed by atoms with Crippen LogP contribution in [0.4, 0.5) is 0 Å². The standard InChI is InChI=1S/C28H32N4O4S/c33-26-23-7-1-2-8-25(23)35-17-16-31(27(34)24-19-37-21-30-24)13-4-3-9-28(10-14-32(26)15-11-28)20-36-22-6-5-12-29-18-22/h1-2,5-8,12,18-19,21H,3-4,9-11,13-17,20H2. The number of rotatable bonds is 4. The lowest BCUT2D eigenvalue weighted by Crippen LogP contribution is -2.45. The highest BCUT2D eigenvalue weighted by atomic mass is 32.1. The summed E-state index contributed by atoms with van der Waals surface area (Å²) in [4.78, 5) is 38.7. The maximum absolute atomic E-state index is 13.5. The average Bonchev–Trinajstić information content (AvgIpc) is 3.48. The van der Waals surface area contributed by atoms with E-state index in [4.69, 9.17) is 9.47 Å². The van der Waals surface area contributed by atoms with Crippen molar-refractivity contribution in [2.75, 3.05) is 39.4 Å². The van der Waals surface area contributed by atoms with Gasteiger partial charge in [0.1, 0.15) is 23.8 Å². The minimum absolute atomic E-state index is 0.0114. The molecule has 0 N–H and O–H groups in total. The summed E-state index contributed by atoms with van der Waals surface area (Å²) in [5, 5.41) is 1.78. The van der Waals surface area contributed by atoms with E-state index in [-0.39, 0.29) is 17.2 Å². The molecule has 0 saturated carbocycles. The van der Waals surface area contributed by atoms with Gasteiger partial charge in [-0.3, -0.25) is 14.6 Å². The van der Waals surface area contributed by atoms with Crippen molar-refractivity contribution in [2.45, 2.75) is 32.1 Å². The lowest BCUT2D eigenvalue weighted by molar-refractivity contribution is 0.0358. The van der Waals surface area contributed by atoms with Crippen molar-refractivity contribution >= 4 is 23.2 Å². The second-order valence-corrected chi connectivity index (χ2v) is 10.5. The van der Waals surface area contributed by atoms with Crippen molar-refractivity contribution in [3.05, 3.63) is 70.9 Å². The number of ether oxygens (including phenoxy) is 2. The molecule has 194 valence electrons. The van der Waals surface area contributed by atoms with E-state index < -0.39 is 0 Å². The van der Waals surface area contributed by atoms with Gasteiger partial charge < -0.3 is 19.3 Å². The van der Waals surface area contributed by atoms with Crippen LogP contribution in [0.2, 0.25) is 0 Å². The third-order valence-corrected chi connectivity index (χ3v) is 7.94. The summed E-state index contributed by atoms with van der Waals surface area (Å²) in [6, 6.07) is 11.2. The molecule has 3 aliphatic heterocycles. The summed E-state index contributed by atoms with van der Waals surface area (Å²) in [6.45, 7) is 3.31. The van der Waals surface area contributed by atoms with Gasteiger partial charge in [-0.05, 0) is 49.9 Å². The molecule has 6 rings (SSSR count). The molecule has 1 fully saturated rings. The number of amides is 2. The topological polar surface area (TPSA) is 84.9 Å². The molecule has 0 unspecified atom stereocenters. The van der Waals surface area contributed by atoms with Gasteiger partial charge in [0.2, 0.25) is 0 Å². The Morgan fingerprint density at radius 1 is 1.05 bits per heavy atom. The molecule has 5 heterocycles. The predicted molar refractivity (Wildman–Crippen MR) is 141 cm³/mol. The van der Waals surface area contributed by atoms with Gasteiger partial charge in [0, 0.05) is 36.6 Å². The van der Waals surface area contributed by atoms with Crippen molar-refractivity contribution in [1.82, 2.24) is 19.8 Å². The molecule has 2 aromatic heterocycles. The number of nitrogens with zero attached hydrogens (tertiary/aromatic N) is 4. The number of piperidine rings is 1. The lowest BCUT2D eigenvalue weighted by atomic mass is 9.75. The number of hydrogen-bond donors (Lipinski definition) is 0. The summed E-state index contributed by atoms with van der Waals surface area (Å²) < 4.78 is 12.2. The molecule has 0 aliphatic carbocycles. The molecule has 37 heavy (non-hydrogen) atoms. The summed E-state index contributed by atoms with van der Waals surface area (Å²) >= 11 is 1.41. The molecule has 8 nitrogen and oxygen atoms in total. The number of para-hydroxylation sites is 1. The largest absolute Gasteiger partial charge is 0.491 e. The molecule has 2 amide bonds. The summed E-state index contributed by atoms with van der Waals surface area (Å²) in [6.07, 6.45) is 8.02. The van der Waals surface area contributed by atoms with Crippen molar-refractivity contribution in [3.8, 4) is 11.5 Å². The third kappa shape index (κ3) is 6.10. The normalized spacial score (nSPS) is 18.3. The number of pyridine rings is 1. The van der Waals surface area contributed by atoms with Crippen LogP contribution in [-0.2, 0) is 0 Å². The monoisotopic (exact) mass is 520 g/mol. The van der Waals surface area contributed by atoms with Crippen molar-refractivity contribution in [1.29, 1.82) is 0 Å². The quantitative estimate of drug-likeness (QED) is 0.502. The van der Waals surface area contributed by atoms with E-state index in [0.717, 1.165) is 37.9 Å². The highest BCUT2D eigenvalue weighted by molar-refractivity contribution is 7.07. The van der Waals surface area contributed by atoms with Crippen molar-refractivity contribution in [2.24, 2.45) is 5.41 Å². The molecule has 3 aliphatic rings. The number of thiazole rings is 1. The van der Waals surface area contributed by atoms with Crippen LogP contribution in [0.15, 0.2) is 59.7 Å². The Labute approximate surface area is 221 Å². The number of carbonyl (C=O) groups is 2. The Kier molecular flexibility index (Phi) is 7.99. The van der Waals surface area contributed by atoms with Crippen LogP contribution in [-0.4, -0.2) is 71.0 Å². The van der Waals surface area contributed by atoms with E-state index in [2.05, 4.69) is 9.97 Å². The van der Waals surface area contributed by atoms with Crippen LogP contribution < -0.4 is 9.47 Å². The summed E-state index contributed by atoms with van der Waals surface area (Å²) in [5.74, 6) is 1.22. The molecule has 0 spiro atoms. The van der Waals surface area contributed by atoms with Gasteiger partial charge in [-0.15, -0.1) is 11.3 Å². The summed E-state index contributed by atoms with van der Waals surface area (Å²) in [5.41, 5.74) is 2.67. The van der Waals surface area contributed by atoms with Crippen LogP contribution in [0.1, 0.15) is 53.0 Å². The Morgan fingerprint density at radius 2 is 1.92 bits per heavy atom. The minimum atomic E-state index is -0.0832. The molecular formula is C28H32N4O4S. The Morgan fingerprint density at radius 3 is 2.70 bits per heavy atom. The fourth-order valence-electron chi connectivity index (χ4n) is 5.12. The van der Waals surface area contributed by atoms with Gasteiger partial charge >= 0.3 is 0 Å². The van der Waals surface area contributed by atoms with E-state index >= 15 is 0 Å². The van der Waals surface area contributed by atoms with Crippen LogP contribution in [0.5, 0.6) is 11.5 Å². The fraction of sp³-hybridized carbons (Fsp3) is 0.429. The van der Waals surface area contributed by atoms with E-state index in [9.17, 15) is 9.59 Å². The first kappa shape index (κ1) is 25.2. The van der Waals surface area contributed by atoms with Crippen molar-refractivity contribution in [3.63, 3.8) is 0 Å². The highest BCUT2D eigenvalue weighted by Gasteiger charge is 2.37. The minimum Gasteiger partial charge on any atom is -0.491 e. The lowest BCUT2D eigenvalue weighted by Gasteiger charge is -2.42. The maximum atomic E-state index is 13.5. The zero-order chi connectivity index (χ0) is 25.5. The van der Waals surface area contributed by atoms with Gasteiger partial charge in [0.05, 0.1) is 30.4 Å². The van der Waals surface area contributed by atoms with Gasteiger partial charge in [-0.1, -0.05) is 18.6 Å². The predicted octanol–water partition coefficient (Wildman–Crippen LogP) is 4.54. The van der Waals surface area contributed by atoms with E-state index in [1.54, 1.807) is 23.3 Å². The number of aromatic nitrogens is 2. The van der Waals surface area contributed by atoms with Crippen LogP contribution in [0.25, 0.3) is 0 Å². The molecule has 1 aromatic carbocycles. The van der Waals surface area contributed by atoms with E-state index in [1.807, 2.05) is 46.2 Å².